The summed E-state index contributed by atoms with van der Waals surface area (Å²) in [6.07, 6.45) is 0.917. The molecule has 0 spiro atoms. The molecule has 0 unspecified atom stereocenters. The molecule has 7 nitrogen and oxygen atoms in total. The SMILES string of the molecule is COCCOCCCNCc1cc2cc(S(N)(=O)=O)oc2s1. The predicted octanol–water partition coefficient (Wildman–Crippen LogP) is 1.28. The van der Waals surface area contributed by atoms with Crippen LogP contribution in [-0.4, -0.2) is 41.9 Å². The van der Waals surface area contributed by atoms with Gasteiger partial charge in [-0.3, -0.25) is 0 Å². The van der Waals surface area contributed by atoms with Crippen molar-refractivity contribution in [3.05, 3.63) is 17.0 Å². The van der Waals surface area contributed by atoms with Gasteiger partial charge in [-0.15, -0.1) is 11.3 Å². The zero-order valence-corrected chi connectivity index (χ0v) is 14.0. The number of thiophene rings is 1. The fourth-order valence-electron chi connectivity index (χ4n) is 1.85. The monoisotopic (exact) mass is 348 g/mol. The second-order valence-electron chi connectivity index (χ2n) is 4.70. The number of nitrogens with two attached hydrogens (primary N) is 1. The standard InChI is InChI=1S/C13H20N2O5S2/c1-18-5-6-19-4-2-3-15-9-11-7-10-8-12(22(14,16)17)20-13(10)21-11/h7-8,15H,2-6,9H2,1H3,(H2,14,16,17). The molecule has 124 valence electrons. The molecule has 0 aliphatic rings. The molecule has 2 aromatic heterocycles. The van der Waals surface area contributed by atoms with E-state index in [1.54, 1.807) is 7.11 Å². The van der Waals surface area contributed by atoms with Gasteiger partial charge in [0.15, 0.2) is 4.90 Å². The van der Waals surface area contributed by atoms with Crippen molar-refractivity contribution in [2.45, 2.75) is 18.1 Å². The molecule has 0 fully saturated rings. The number of hydrogen-bond donors (Lipinski definition) is 2. The van der Waals surface area contributed by atoms with Gasteiger partial charge in [0.1, 0.15) is 0 Å². The average molecular weight is 348 g/mol. The van der Waals surface area contributed by atoms with Gasteiger partial charge in [-0.1, -0.05) is 0 Å². The lowest BCUT2D eigenvalue weighted by molar-refractivity contribution is 0.0695. The largest absolute Gasteiger partial charge is 0.433 e. The Kier molecular flexibility index (Phi) is 6.36. The quantitative estimate of drug-likeness (QED) is 0.627. The van der Waals surface area contributed by atoms with Crippen molar-refractivity contribution in [2.75, 3.05) is 33.5 Å². The molecule has 22 heavy (non-hydrogen) atoms. The molecule has 0 saturated carbocycles. The molecule has 0 radical (unpaired) electrons. The number of hydrogen-bond acceptors (Lipinski definition) is 7. The van der Waals surface area contributed by atoms with Crippen LogP contribution in [0.5, 0.6) is 0 Å². The lowest BCUT2D eigenvalue weighted by Crippen LogP contribution is -2.16. The lowest BCUT2D eigenvalue weighted by atomic mass is 10.3. The van der Waals surface area contributed by atoms with Crippen molar-refractivity contribution in [3.63, 3.8) is 0 Å². The maximum Gasteiger partial charge on any atom is 0.271 e. The second kappa shape index (κ2) is 8.04. The van der Waals surface area contributed by atoms with Crippen molar-refractivity contribution in [1.82, 2.24) is 5.32 Å². The molecule has 9 heteroatoms. The van der Waals surface area contributed by atoms with Crippen molar-refractivity contribution in [3.8, 4) is 0 Å². The topological polar surface area (TPSA) is 104 Å². The van der Waals surface area contributed by atoms with Gasteiger partial charge in [0.2, 0.25) is 5.09 Å². The summed E-state index contributed by atoms with van der Waals surface area (Å²) < 4.78 is 37.8. The fourth-order valence-corrected chi connectivity index (χ4v) is 3.36. The summed E-state index contributed by atoms with van der Waals surface area (Å²) in [6.45, 7) is 3.47. The summed E-state index contributed by atoms with van der Waals surface area (Å²) in [4.78, 5) is 1.65. The van der Waals surface area contributed by atoms with Crippen LogP contribution >= 0.6 is 11.3 Å². The number of primary sulfonamides is 1. The molecule has 0 amide bonds. The first-order chi connectivity index (χ1) is 10.5. The van der Waals surface area contributed by atoms with Gasteiger partial charge >= 0.3 is 0 Å². The van der Waals surface area contributed by atoms with Crippen LogP contribution < -0.4 is 10.5 Å². The second-order valence-corrected chi connectivity index (χ2v) is 7.29. The molecule has 0 atom stereocenters. The number of fused-ring (bicyclic) bond motifs is 1. The van der Waals surface area contributed by atoms with Gasteiger partial charge in [0, 0.05) is 36.6 Å². The van der Waals surface area contributed by atoms with E-state index >= 15 is 0 Å². The van der Waals surface area contributed by atoms with Crippen LogP contribution in [0, 0.1) is 0 Å². The third-order valence-corrected chi connectivity index (χ3v) is 4.69. The van der Waals surface area contributed by atoms with Gasteiger partial charge in [0.05, 0.1) is 13.2 Å². The van der Waals surface area contributed by atoms with Crippen molar-refractivity contribution >= 4 is 31.6 Å². The maximum absolute atomic E-state index is 11.2. The van der Waals surface area contributed by atoms with Crippen LogP contribution in [0.25, 0.3) is 10.3 Å². The number of nitrogens with one attached hydrogen (secondary N) is 1. The average Bonchev–Trinajstić information content (AvgIpc) is 2.99. The highest BCUT2D eigenvalue weighted by Crippen LogP contribution is 2.30. The van der Waals surface area contributed by atoms with Gasteiger partial charge in [0.25, 0.3) is 10.0 Å². The number of rotatable bonds is 10. The van der Waals surface area contributed by atoms with Gasteiger partial charge in [-0.2, -0.15) is 0 Å². The highest BCUT2D eigenvalue weighted by Gasteiger charge is 2.16. The molecule has 0 bridgehead atoms. The molecule has 3 N–H and O–H groups in total. The van der Waals surface area contributed by atoms with Crippen molar-refractivity contribution < 1.29 is 22.3 Å². The molecule has 2 aromatic rings. The first-order valence-electron chi connectivity index (χ1n) is 6.83. The van der Waals surface area contributed by atoms with E-state index in [9.17, 15) is 8.42 Å². The van der Waals surface area contributed by atoms with Crippen LogP contribution in [0.4, 0.5) is 0 Å². The van der Waals surface area contributed by atoms with E-state index in [2.05, 4.69) is 5.32 Å². The number of furan rings is 1. The number of sulfonamides is 1. The van der Waals surface area contributed by atoms with Crippen LogP contribution in [0.2, 0.25) is 0 Å². The summed E-state index contributed by atoms with van der Waals surface area (Å²) in [5.41, 5.74) is 0. The predicted molar refractivity (Wildman–Crippen MR) is 84.5 cm³/mol. The van der Waals surface area contributed by atoms with Crippen LogP contribution in [-0.2, 0) is 26.0 Å². The van der Waals surface area contributed by atoms with Crippen molar-refractivity contribution in [2.24, 2.45) is 5.14 Å². The summed E-state index contributed by atoms with van der Waals surface area (Å²) in [7, 11) is -2.13. The van der Waals surface area contributed by atoms with E-state index in [4.69, 9.17) is 19.0 Å². The third-order valence-electron chi connectivity index (χ3n) is 2.90. The van der Waals surface area contributed by atoms with Crippen LogP contribution in [0.3, 0.4) is 0 Å². The van der Waals surface area contributed by atoms with E-state index < -0.39 is 10.0 Å². The van der Waals surface area contributed by atoms with E-state index in [-0.39, 0.29) is 5.09 Å². The minimum Gasteiger partial charge on any atom is -0.433 e. The van der Waals surface area contributed by atoms with Gasteiger partial charge in [-0.05, 0) is 19.0 Å². The molecular formula is C13H20N2O5S2. The van der Waals surface area contributed by atoms with Gasteiger partial charge in [-0.25, -0.2) is 13.6 Å². The fraction of sp³-hybridized carbons (Fsp3) is 0.538. The Labute approximate surface area is 133 Å². The Morgan fingerprint density at radius 1 is 1.32 bits per heavy atom. The first kappa shape index (κ1) is 17.4. The minimum absolute atomic E-state index is 0.193. The Balaban J connectivity index is 1.73. The smallest absolute Gasteiger partial charge is 0.271 e. The Bertz CT molecular complexity index is 661. The molecule has 0 aliphatic heterocycles. The van der Waals surface area contributed by atoms with E-state index in [0.717, 1.165) is 23.2 Å². The molecule has 0 saturated heterocycles. The highest BCUT2D eigenvalue weighted by molar-refractivity contribution is 7.89. The lowest BCUT2D eigenvalue weighted by Gasteiger charge is -2.04. The Hall–Kier alpha value is -0.970. The van der Waals surface area contributed by atoms with E-state index in [1.807, 2.05) is 6.07 Å². The third kappa shape index (κ3) is 5.04. The van der Waals surface area contributed by atoms with E-state index in [0.29, 0.717) is 31.3 Å². The maximum atomic E-state index is 11.2. The molecule has 2 rings (SSSR count). The normalized spacial score (nSPS) is 12.3. The van der Waals surface area contributed by atoms with E-state index in [1.165, 1.54) is 17.4 Å². The summed E-state index contributed by atoms with van der Waals surface area (Å²) in [5.74, 6) is 0. The minimum atomic E-state index is -3.78. The summed E-state index contributed by atoms with van der Waals surface area (Å²) in [6, 6.07) is 3.36. The van der Waals surface area contributed by atoms with Crippen LogP contribution in [0.1, 0.15) is 11.3 Å². The number of ether oxygens (including phenoxy) is 2. The van der Waals surface area contributed by atoms with Crippen molar-refractivity contribution in [1.29, 1.82) is 0 Å². The Morgan fingerprint density at radius 3 is 2.82 bits per heavy atom. The molecule has 0 aliphatic carbocycles. The highest BCUT2D eigenvalue weighted by atomic mass is 32.2. The first-order valence-corrected chi connectivity index (χ1v) is 9.19. The molecule has 2 heterocycles. The van der Waals surface area contributed by atoms with Crippen LogP contribution in [0.15, 0.2) is 21.6 Å². The molecular weight excluding hydrogens is 328 g/mol. The molecule has 0 aromatic carbocycles. The zero-order valence-electron chi connectivity index (χ0n) is 12.3. The number of methoxy groups -OCH3 is 1. The zero-order chi connectivity index (χ0) is 16.0. The van der Waals surface area contributed by atoms with Gasteiger partial charge < -0.3 is 19.2 Å². The summed E-state index contributed by atoms with van der Waals surface area (Å²) >= 11 is 1.41. The summed E-state index contributed by atoms with van der Waals surface area (Å²) in [5, 5.41) is 8.89. The Morgan fingerprint density at radius 2 is 2.14 bits per heavy atom.